The van der Waals surface area contributed by atoms with Crippen LogP contribution < -0.4 is 5.32 Å². The zero-order valence-electron chi connectivity index (χ0n) is 12.9. The summed E-state index contributed by atoms with van der Waals surface area (Å²) in [5.74, 6) is 1.73. The van der Waals surface area contributed by atoms with Crippen molar-refractivity contribution in [3.8, 4) is 0 Å². The van der Waals surface area contributed by atoms with Crippen LogP contribution in [0.25, 0.3) is 0 Å². The summed E-state index contributed by atoms with van der Waals surface area (Å²) in [5.41, 5.74) is 0. The molecule has 0 amide bonds. The average Bonchev–Trinajstić information content (AvgIpc) is 3.14. The molecular weight excluding hydrogens is 381 g/mol. The van der Waals surface area contributed by atoms with Crippen LogP contribution in [0.3, 0.4) is 0 Å². The zero-order valence-corrected chi connectivity index (χ0v) is 15.2. The fraction of sp³-hybridized carbons (Fsp3) is 0.714. The third kappa shape index (κ3) is 7.12. The predicted octanol–water partition coefficient (Wildman–Crippen LogP) is 1.43. The van der Waals surface area contributed by atoms with Gasteiger partial charge in [-0.15, -0.1) is 24.0 Å². The minimum atomic E-state index is 0. The summed E-state index contributed by atoms with van der Waals surface area (Å²) in [7, 11) is 3.84. The summed E-state index contributed by atoms with van der Waals surface area (Å²) in [4.78, 5) is 10.4. The molecule has 1 heterocycles. The Labute approximate surface area is 144 Å². The van der Waals surface area contributed by atoms with Crippen molar-refractivity contribution in [2.24, 2.45) is 10.9 Å². The lowest BCUT2D eigenvalue weighted by Crippen LogP contribution is -2.41. The SMILES string of the molecule is CN=C(NCCn1ccnc1)N(C)CCOCC1CC1.I. The highest BCUT2D eigenvalue weighted by atomic mass is 127. The molecule has 0 bridgehead atoms. The monoisotopic (exact) mass is 407 g/mol. The van der Waals surface area contributed by atoms with Crippen molar-refractivity contribution in [2.75, 3.05) is 40.4 Å². The molecule has 1 N–H and O–H groups in total. The molecular formula is C14H26IN5O. The van der Waals surface area contributed by atoms with Crippen LogP contribution in [0.4, 0.5) is 0 Å². The average molecular weight is 407 g/mol. The number of aromatic nitrogens is 2. The molecule has 1 saturated carbocycles. The smallest absolute Gasteiger partial charge is 0.193 e. The number of ether oxygens (including phenoxy) is 1. The van der Waals surface area contributed by atoms with Gasteiger partial charge < -0.3 is 19.5 Å². The van der Waals surface area contributed by atoms with Gasteiger partial charge in [0.05, 0.1) is 12.9 Å². The van der Waals surface area contributed by atoms with Crippen LogP contribution >= 0.6 is 24.0 Å². The standard InChI is InChI=1S/C14H25N5O.HI/c1-15-14(17-6-8-19-7-5-16-12-19)18(2)9-10-20-11-13-3-4-13;/h5,7,12-13H,3-4,6,8-11H2,1-2H3,(H,15,17);1H. The molecule has 0 radical (unpaired) electrons. The second-order valence-corrected chi connectivity index (χ2v) is 5.21. The van der Waals surface area contributed by atoms with Crippen molar-refractivity contribution in [3.63, 3.8) is 0 Å². The topological polar surface area (TPSA) is 54.7 Å². The molecule has 1 aliphatic rings. The highest BCUT2D eigenvalue weighted by Crippen LogP contribution is 2.28. The van der Waals surface area contributed by atoms with E-state index in [2.05, 4.69) is 20.2 Å². The number of hydrogen-bond donors (Lipinski definition) is 1. The number of aliphatic imine (C=N–C) groups is 1. The third-order valence-corrected chi connectivity index (χ3v) is 3.41. The lowest BCUT2D eigenvalue weighted by Gasteiger charge is -2.22. The predicted molar refractivity (Wildman–Crippen MR) is 95.2 cm³/mol. The van der Waals surface area contributed by atoms with Gasteiger partial charge in [-0.3, -0.25) is 4.99 Å². The van der Waals surface area contributed by atoms with Gasteiger partial charge in [0.25, 0.3) is 0 Å². The van der Waals surface area contributed by atoms with E-state index in [1.807, 2.05) is 24.1 Å². The van der Waals surface area contributed by atoms with Gasteiger partial charge in [0.2, 0.25) is 0 Å². The van der Waals surface area contributed by atoms with E-state index >= 15 is 0 Å². The Kier molecular flexibility index (Phi) is 8.67. The Hall–Kier alpha value is -0.830. The maximum atomic E-state index is 5.65. The lowest BCUT2D eigenvalue weighted by atomic mass is 10.5. The summed E-state index contributed by atoms with van der Waals surface area (Å²) in [5, 5.41) is 3.34. The van der Waals surface area contributed by atoms with E-state index < -0.39 is 0 Å². The van der Waals surface area contributed by atoms with Gasteiger partial charge in [-0.1, -0.05) is 0 Å². The Bertz CT molecular complexity index is 406. The van der Waals surface area contributed by atoms with Gasteiger partial charge >= 0.3 is 0 Å². The second kappa shape index (κ2) is 9.99. The molecule has 120 valence electrons. The van der Waals surface area contributed by atoms with Gasteiger partial charge in [0.1, 0.15) is 0 Å². The van der Waals surface area contributed by atoms with Crippen molar-refractivity contribution in [1.29, 1.82) is 0 Å². The van der Waals surface area contributed by atoms with Gasteiger partial charge in [-0.05, 0) is 18.8 Å². The summed E-state index contributed by atoms with van der Waals surface area (Å²) in [6.07, 6.45) is 8.25. The van der Waals surface area contributed by atoms with Crippen molar-refractivity contribution < 1.29 is 4.74 Å². The third-order valence-electron chi connectivity index (χ3n) is 3.41. The molecule has 0 spiro atoms. The normalized spacial score (nSPS) is 14.7. The highest BCUT2D eigenvalue weighted by molar-refractivity contribution is 14.0. The molecule has 0 saturated heterocycles. The summed E-state index contributed by atoms with van der Waals surface area (Å²) < 4.78 is 7.69. The van der Waals surface area contributed by atoms with E-state index in [4.69, 9.17) is 4.74 Å². The molecule has 0 unspecified atom stereocenters. The Morgan fingerprint density at radius 2 is 2.33 bits per heavy atom. The van der Waals surface area contributed by atoms with Crippen LogP contribution in [-0.4, -0.2) is 60.8 Å². The lowest BCUT2D eigenvalue weighted by molar-refractivity contribution is 0.115. The van der Waals surface area contributed by atoms with E-state index in [0.29, 0.717) is 0 Å². The van der Waals surface area contributed by atoms with Crippen LogP contribution in [0.5, 0.6) is 0 Å². The van der Waals surface area contributed by atoms with Crippen molar-refractivity contribution in [2.45, 2.75) is 19.4 Å². The minimum absolute atomic E-state index is 0. The quantitative estimate of drug-likeness (QED) is 0.307. The minimum Gasteiger partial charge on any atom is -0.379 e. The summed E-state index contributed by atoms with van der Waals surface area (Å²) in [6, 6.07) is 0. The summed E-state index contributed by atoms with van der Waals surface area (Å²) >= 11 is 0. The Morgan fingerprint density at radius 1 is 1.52 bits per heavy atom. The number of rotatable bonds is 8. The van der Waals surface area contributed by atoms with E-state index in [1.54, 1.807) is 13.2 Å². The molecule has 2 rings (SSSR count). The van der Waals surface area contributed by atoms with Crippen LogP contribution in [0.2, 0.25) is 0 Å². The first-order chi connectivity index (χ1) is 9.79. The molecule has 0 atom stereocenters. The number of nitrogens with zero attached hydrogens (tertiary/aromatic N) is 4. The van der Waals surface area contributed by atoms with E-state index in [0.717, 1.165) is 44.7 Å². The van der Waals surface area contributed by atoms with Crippen molar-refractivity contribution in [1.82, 2.24) is 19.8 Å². The van der Waals surface area contributed by atoms with Crippen LogP contribution in [0, 0.1) is 5.92 Å². The zero-order chi connectivity index (χ0) is 14.2. The number of halogens is 1. The van der Waals surface area contributed by atoms with Gasteiger partial charge in [-0.2, -0.15) is 0 Å². The Balaban J connectivity index is 0.00000220. The van der Waals surface area contributed by atoms with E-state index in [1.165, 1.54) is 12.8 Å². The first-order valence-corrected chi connectivity index (χ1v) is 7.25. The maximum Gasteiger partial charge on any atom is 0.193 e. The molecule has 1 aromatic rings. The van der Waals surface area contributed by atoms with Gasteiger partial charge in [0, 0.05) is 52.7 Å². The first kappa shape index (κ1) is 18.2. The van der Waals surface area contributed by atoms with Crippen molar-refractivity contribution in [3.05, 3.63) is 18.7 Å². The van der Waals surface area contributed by atoms with Crippen molar-refractivity contribution >= 4 is 29.9 Å². The number of nitrogens with one attached hydrogen (secondary N) is 1. The molecule has 1 aliphatic carbocycles. The van der Waals surface area contributed by atoms with Crippen LogP contribution in [0.1, 0.15) is 12.8 Å². The molecule has 1 fully saturated rings. The molecule has 21 heavy (non-hydrogen) atoms. The first-order valence-electron chi connectivity index (χ1n) is 7.25. The van der Waals surface area contributed by atoms with Gasteiger partial charge in [0.15, 0.2) is 5.96 Å². The molecule has 0 aliphatic heterocycles. The summed E-state index contributed by atoms with van der Waals surface area (Å²) in [6.45, 7) is 4.24. The van der Waals surface area contributed by atoms with Crippen LogP contribution in [-0.2, 0) is 11.3 Å². The Morgan fingerprint density at radius 3 is 2.95 bits per heavy atom. The fourth-order valence-electron chi connectivity index (χ4n) is 1.94. The fourth-order valence-corrected chi connectivity index (χ4v) is 1.94. The van der Waals surface area contributed by atoms with Crippen LogP contribution in [0.15, 0.2) is 23.7 Å². The number of imidazole rings is 1. The highest BCUT2D eigenvalue weighted by Gasteiger charge is 2.21. The number of likely N-dealkylation sites (N-methyl/N-ethyl adjacent to an activating group) is 1. The van der Waals surface area contributed by atoms with E-state index in [-0.39, 0.29) is 24.0 Å². The maximum absolute atomic E-state index is 5.65. The molecule has 6 nitrogen and oxygen atoms in total. The van der Waals surface area contributed by atoms with E-state index in [9.17, 15) is 0 Å². The largest absolute Gasteiger partial charge is 0.379 e. The molecule has 7 heteroatoms. The molecule has 0 aromatic carbocycles. The van der Waals surface area contributed by atoms with Gasteiger partial charge in [-0.25, -0.2) is 4.98 Å². The number of hydrogen-bond acceptors (Lipinski definition) is 3. The molecule has 1 aromatic heterocycles. The second-order valence-electron chi connectivity index (χ2n) is 5.21. The number of guanidine groups is 1.